The number of carbonyl (C=O) groups excluding carboxylic acids is 3. The van der Waals surface area contributed by atoms with E-state index in [0.717, 1.165) is 35.5 Å². The van der Waals surface area contributed by atoms with Gasteiger partial charge in [0.15, 0.2) is 5.12 Å². The van der Waals surface area contributed by atoms with Crippen molar-refractivity contribution in [2.75, 3.05) is 12.3 Å². The predicted molar refractivity (Wildman–Crippen MR) is 111 cm³/mol. The molecule has 0 aliphatic heterocycles. The summed E-state index contributed by atoms with van der Waals surface area (Å²) in [6.07, 6.45) is 1.27. The highest BCUT2D eigenvalue weighted by atomic mass is 32.2. The van der Waals surface area contributed by atoms with Crippen LogP contribution in [0.5, 0.6) is 0 Å². The third-order valence-corrected chi connectivity index (χ3v) is 4.67. The second-order valence-electron chi connectivity index (χ2n) is 6.30. The summed E-state index contributed by atoms with van der Waals surface area (Å²) in [6.45, 7) is 1.51. The summed E-state index contributed by atoms with van der Waals surface area (Å²) in [6, 6.07) is 12.1. The zero-order valence-corrected chi connectivity index (χ0v) is 17.1. The number of hydrogen-bond acceptors (Lipinski definition) is 5. The van der Waals surface area contributed by atoms with E-state index in [1.807, 2.05) is 30.3 Å². The fourth-order valence-corrected chi connectivity index (χ4v) is 2.99. The normalized spacial score (nSPS) is 11.1. The summed E-state index contributed by atoms with van der Waals surface area (Å²) < 4.78 is 31.9. The second-order valence-corrected chi connectivity index (χ2v) is 7.46. The molecule has 30 heavy (non-hydrogen) atoms. The second kappa shape index (κ2) is 11.9. The lowest BCUT2D eigenvalue weighted by molar-refractivity contribution is -0.144. The Bertz CT molecular complexity index is 912. The fraction of sp³-hybridized carbons (Fsp3) is 0.227. The number of esters is 1. The molecular formula is C22H21F2NO4S. The minimum absolute atomic E-state index is 0.0199. The van der Waals surface area contributed by atoms with Crippen molar-refractivity contribution in [1.82, 2.24) is 5.32 Å². The van der Waals surface area contributed by atoms with Crippen molar-refractivity contribution in [1.29, 1.82) is 0 Å². The highest BCUT2D eigenvalue weighted by molar-refractivity contribution is 8.13. The largest absolute Gasteiger partial charge is 0.461 e. The van der Waals surface area contributed by atoms with Gasteiger partial charge in [0.2, 0.25) is 5.91 Å². The lowest BCUT2D eigenvalue weighted by atomic mass is 10.1. The molecule has 2 aromatic rings. The van der Waals surface area contributed by atoms with Crippen molar-refractivity contribution in [3.05, 3.63) is 76.9 Å². The SMILES string of the molecule is CC(=O)SC/C(=C/c1cc(F)cc(F)c1)C(=O)NCCC(=O)OCc1ccccc1. The molecule has 0 bridgehead atoms. The van der Waals surface area contributed by atoms with Gasteiger partial charge in [0.25, 0.3) is 0 Å². The smallest absolute Gasteiger partial charge is 0.307 e. The van der Waals surface area contributed by atoms with E-state index in [2.05, 4.69) is 5.32 Å². The first-order chi connectivity index (χ1) is 14.3. The quantitative estimate of drug-likeness (QED) is 0.480. The van der Waals surface area contributed by atoms with Crippen LogP contribution in [0.15, 0.2) is 54.1 Å². The lowest BCUT2D eigenvalue weighted by Crippen LogP contribution is -2.28. The third kappa shape index (κ3) is 8.57. The van der Waals surface area contributed by atoms with Gasteiger partial charge in [-0.2, -0.15) is 0 Å². The van der Waals surface area contributed by atoms with Crippen molar-refractivity contribution in [2.45, 2.75) is 20.0 Å². The van der Waals surface area contributed by atoms with Crippen LogP contribution < -0.4 is 5.32 Å². The lowest BCUT2D eigenvalue weighted by Gasteiger charge is -2.09. The van der Waals surface area contributed by atoms with Crippen molar-refractivity contribution in [3.63, 3.8) is 0 Å². The summed E-state index contributed by atoms with van der Waals surface area (Å²) in [5, 5.41) is 2.36. The van der Waals surface area contributed by atoms with Crippen molar-refractivity contribution >= 4 is 34.8 Å². The van der Waals surface area contributed by atoms with E-state index in [4.69, 9.17) is 4.74 Å². The zero-order chi connectivity index (χ0) is 21.9. The van der Waals surface area contributed by atoms with Crippen LogP contribution >= 0.6 is 11.8 Å². The molecule has 2 aromatic carbocycles. The summed E-state index contributed by atoms with van der Waals surface area (Å²) in [5.74, 6) is -2.54. The van der Waals surface area contributed by atoms with E-state index in [0.29, 0.717) is 0 Å². The molecule has 2 rings (SSSR count). The van der Waals surface area contributed by atoms with Gasteiger partial charge < -0.3 is 10.1 Å². The summed E-state index contributed by atoms with van der Waals surface area (Å²) >= 11 is 0.894. The Kier molecular flexibility index (Phi) is 9.21. The van der Waals surface area contributed by atoms with Crippen molar-refractivity contribution in [3.8, 4) is 0 Å². The molecule has 1 amide bonds. The van der Waals surface area contributed by atoms with E-state index >= 15 is 0 Å². The van der Waals surface area contributed by atoms with Crippen molar-refractivity contribution in [2.24, 2.45) is 0 Å². The molecular weight excluding hydrogens is 412 g/mol. The van der Waals surface area contributed by atoms with Gasteiger partial charge in [-0.15, -0.1) is 0 Å². The van der Waals surface area contributed by atoms with Crippen LogP contribution in [0.25, 0.3) is 6.08 Å². The molecule has 0 radical (unpaired) electrons. The fourth-order valence-electron chi connectivity index (χ4n) is 2.41. The van der Waals surface area contributed by atoms with Crippen LogP contribution in [-0.2, 0) is 25.7 Å². The van der Waals surface area contributed by atoms with Crippen LogP contribution in [0.2, 0.25) is 0 Å². The Labute approximate surface area is 177 Å². The number of thioether (sulfide) groups is 1. The molecule has 0 unspecified atom stereocenters. The number of ether oxygens (including phenoxy) is 1. The van der Waals surface area contributed by atoms with Crippen molar-refractivity contribution < 1.29 is 27.9 Å². The van der Waals surface area contributed by atoms with Gasteiger partial charge >= 0.3 is 5.97 Å². The number of amides is 1. The molecule has 8 heteroatoms. The molecule has 0 heterocycles. The van der Waals surface area contributed by atoms with E-state index in [1.54, 1.807) is 0 Å². The molecule has 0 saturated heterocycles. The van der Waals surface area contributed by atoms with Crippen LogP contribution in [-0.4, -0.2) is 29.3 Å². The van der Waals surface area contributed by atoms with Gasteiger partial charge in [-0.3, -0.25) is 14.4 Å². The van der Waals surface area contributed by atoms with Gasteiger partial charge in [-0.1, -0.05) is 42.1 Å². The van der Waals surface area contributed by atoms with Crippen LogP contribution in [0.4, 0.5) is 8.78 Å². The number of rotatable bonds is 9. The minimum Gasteiger partial charge on any atom is -0.461 e. The maximum absolute atomic E-state index is 13.4. The van der Waals surface area contributed by atoms with E-state index in [-0.39, 0.29) is 41.6 Å². The Hall–Kier alpha value is -3.00. The summed E-state index contributed by atoms with van der Waals surface area (Å²) in [5.41, 5.74) is 1.16. The van der Waals surface area contributed by atoms with Gasteiger partial charge in [-0.25, -0.2) is 8.78 Å². The first kappa shape index (κ1) is 23.3. The van der Waals surface area contributed by atoms with E-state index < -0.39 is 23.5 Å². The Morgan fingerprint density at radius 3 is 2.37 bits per heavy atom. The number of carbonyl (C=O) groups is 3. The Morgan fingerprint density at radius 2 is 1.73 bits per heavy atom. The molecule has 5 nitrogen and oxygen atoms in total. The monoisotopic (exact) mass is 433 g/mol. The predicted octanol–water partition coefficient (Wildman–Crippen LogP) is 3.88. The molecule has 0 fully saturated rings. The molecule has 0 aliphatic carbocycles. The highest BCUT2D eigenvalue weighted by Crippen LogP contribution is 2.16. The number of halogens is 2. The number of nitrogens with one attached hydrogen (secondary N) is 1. The topological polar surface area (TPSA) is 72.5 Å². The number of benzene rings is 2. The molecule has 0 saturated carbocycles. The van der Waals surface area contributed by atoms with Gasteiger partial charge in [0.1, 0.15) is 18.2 Å². The van der Waals surface area contributed by atoms with Crippen LogP contribution in [0, 0.1) is 11.6 Å². The molecule has 0 aliphatic rings. The average molecular weight is 433 g/mol. The first-order valence-corrected chi connectivity index (χ1v) is 10.1. The number of hydrogen-bond donors (Lipinski definition) is 1. The molecule has 158 valence electrons. The van der Waals surface area contributed by atoms with E-state index in [1.165, 1.54) is 13.0 Å². The maximum atomic E-state index is 13.4. The van der Waals surface area contributed by atoms with Gasteiger partial charge in [-0.05, 0) is 29.3 Å². The van der Waals surface area contributed by atoms with Crippen LogP contribution in [0.3, 0.4) is 0 Å². The van der Waals surface area contributed by atoms with Crippen LogP contribution in [0.1, 0.15) is 24.5 Å². The zero-order valence-electron chi connectivity index (χ0n) is 16.3. The molecule has 0 atom stereocenters. The average Bonchev–Trinajstić information content (AvgIpc) is 2.69. The van der Waals surface area contributed by atoms with Gasteiger partial charge in [0, 0.05) is 30.9 Å². The third-order valence-electron chi connectivity index (χ3n) is 3.81. The molecule has 1 N–H and O–H groups in total. The molecule has 0 aromatic heterocycles. The van der Waals surface area contributed by atoms with E-state index in [9.17, 15) is 23.2 Å². The summed E-state index contributed by atoms with van der Waals surface area (Å²) in [4.78, 5) is 35.5. The Balaban J connectivity index is 1.92. The Morgan fingerprint density at radius 1 is 1.07 bits per heavy atom. The standard InChI is InChI=1S/C22H21F2NO4S/c1-15(26)30-14-18(9-17-10-19(23)12-20(24)11-17)22(28)25-8-7-21(27)29-13-16-5-3-2-4-6-16/h2-6,9-12H,7-8,13-14H2,1H3,(H,25,28)/b18-9-. The molecule has 0 spiro atoms. The minimum atomic E-state index is -0.776. The highest BCUT2D eigenvalue weighted by Gasteiger charge is 2.13. The maximum Gasteiger partial charge on any atom is 0.307 e. The first-order valence-electron chi connectivity index (χ1n) is 9.11. The summed E-state index contributed by atoms with van der Waals surface area (Å²) in [7, 11) is 0. The van der Waals surface area contributed by atoms with Gasteiger partial charge in [0.05, 0.1) is 6.42 Å².